The third-order valence-electron chi connectivity index (χ3n) is 2.65. The van der Waals surface area contributed by atoms with Crippen LogP contribution in [-0.2, 0) is 14.3 Å². The molecular formula is C9H14O3. The van der Waals surface area contributed by atoms with Crippen LogP contribution in [0.4, 0.5) is 0 Å². The van der Waals surface area contributed by atoms with Gasteiger partial charge in [0.05, 0.1) is 18.6 Å². The molecule has 0 unspecified atom stereocenters. The normalized spacial score (nSPS) is 38.6. The molecule has 0 spiro atoms. The van der Waals surface area contributed by atoms with Gasteiger partial charge in [-0.05, 0) is 19.8 Å². The molecule has 1 saturated carbocycles. The molecule has 1 aliphatic heterocycles. The molecule has 68 valence electrons. The molecule has 3 heteroatoms. The number of rotatable bonds is 2. The largest absolute Gasteiger partial charge is 0.466 e. The fourth-order valence-electron chi connectivity index (χ4n) is 2.00. The van der Waals surface area contributed by atoms with Crippen molar-refractivity contribution in [3.05, 3.63) is 0 Å². The minimum atomic E-state index is -0.0607. The Kier molecular flexibility index (Phi) is 2.05. The highest BCUT2D eigenvalue weighted by Crippen LogP contribution is 2.48. The van der Waals surface area contributed by atoms with Crippen LogP contribution in [0.2, 0.25) is 0 Å². The van der Waals surface area contributed by atoms with Crippen molar-refractivity contribution in [2.75, 3.05) is 13.2 Å². The Hall–Kier alpha value is -0.570. The van der Waals surface area contributed by atoms with Crippen LogP contribution < -0.4 is 0 Å². The van der Waals surface area contributed by atoms with Crippen molar-refractivity contribution in [2.45, 2.75) is 25.9 Å². The Morgan fingerprint density at radius 2 is 2.50 bits per heavy atom. The average Bonchev–Trinajstić information content (AvgIpc) is 2.78. The first-order chi connectivity index (χ1) is 5.84. The van der Waals surface area contributed by atoms with E-state index in [1.165, 1.54) is 0 Å². The third kappa shape index (κ3) is 1.22. The van der Waals surface area contributed by atoms with Crippen molar-refractivity contribution >= 4 is 5.97 Å². The summed E-state index contributed by atoms with van der Waals surface area (Å²) in [6.45, 7) is 3.14. The Balaban J connectivity index is 1.87. The maximum Gasteiger partial charge on any atom is 0.311 e. The van der Waals surface area contributed by atoms with Crippen LogP contribution in [0.15, 0.2) is 0 Å². The van der Waals surface area contributed by atoms with E-state index in [9.17, 15) is 4.79 Å². The van der Waals surface area contributed by atoms with Crippen LogP contribution in [0.5, 0.6) is 0 Å². The lowest BCUT2D eigenvalue weighted by molar-refractivity contribution is -0.145. The smallest absolute Gasteiger partial charge is 0.311 e. The van der Waals surface area contributed by atoms with Crippen molar-refractivity contribution in [1.29, 1.82) is 0 Å². The molecule has 0 amide bonds. The predicted molar refractivity (Wildman–Crippen MR) is 42.6 cm³/mol. The third-order valence-corrected chi connectivity index (χ3v) is 2.65. The van der Waals surface area contributed by atoms with Crippen LogP contribution in [0, 0.1) is 11.8 Å². The summed E-state index contributed by atoms with van der Waals surface area (Å²) in [6, 6.07) is 0. The van der Waals surface area contributed by atoms with Crippen molar-refractivity contribution in [3.8, 4) is 0 Å². The van der Waals surface area contributed by atoms with E-state index in [0.717, 1.165) is 19.4 Å². The second-order valence-corrected chi connectivity index (χ2v) is 3.42. The zero-order chi connectivity index (χ0) is 8.55. The number of carbonyl (C=O) groups is 1. The van der Waals surface area contributed by atoms with Gasteiger partial charge >= 0.3 is 5.97 Å². The second-order valence-electron chi connectivity index (χ2n) is 3.42. The van der Waals surface area contributed by atoms with Crippen molar-refractivity contribution < 1.29 is 14.3 Å². The Morgan fingerprint density at radius 3 is 3.08 bits per heavy atom. The van der Waals surface area contributed by atoms with Gasteiger partial charge in [-0.25, -0.2) is 0 Å². The van der Waals surface area contributed by atoms with Crippen LogP contribution in [0.1, 0.15) is 19.8 Å². The summed E-state index contributed by atoms with van der Waals surface area (Å²) in [5.74, 6) is 0.472. The van der Waals surface area contributed by atoms with Crippen LogP contribution >= 0.6 is 0 Å². The molecule has 2 fully saturated rings. The Morgan fingerprint density at radius 1 is 1.67 bits per heavy atom. The molecule has 0 N–H and O–H groups in total. The number of ether oxygens (including phenoxy) is 2. The summed E-state index contributed by atoms with van der Waals surface area (Å²) in [5, 5.41) is 0. The van der Waals surface area contributed by atoms with E-state index in [1.807, 2.05) is 6.92 Å². The molecule has 2 aliphatic rings. The predicted octanol–water partition coefficient (Wildman–Crippen LogP) is 0.974. The molecule has 0 bridgehead atoms. The van der Waals surface area contributed by atoms with Crippen LogP contribution in [-0.4, -0.2) is 25.3 Å². The minimum absolute atomic E-state index is 0.0607. The minimum Gasteiger partial charge on any atom is -0.466 e. The first-order valence-corrected chi connectivity index (χ1v) is 4.63. The highest BCUT2D eigenvalue weighted by atomic mass is 16.5. The monoisotopic (exact) mass is 170 g/mol. The van der Waals surface area contributed by atoms with Gasteiger partial charge in [0.25, 0.3) is 0 Å². The van der Waals surface area contributed by atoms with Crippen molar-refractivity contribution in [3.63, 3.8) is 0 Å². The van der Waals surface area contributed by atoms with Gasteiger partial charge in [0.1, 0.15) is 0 Å². The number of fused-ring (bicyclic) bond motifs is 1. The summed E-state index contributed by atoms with van der Waals surface area (Å²) in [4.78, 5) is 11.3. The van der Waals surface area contributed by atoms with Crippen LogP contribution in [0.3, 0.4) is 0 Å². The fourth-order valence-corrected chi connectivity index (χ4v) is 2.00. The highest BCUT2D eigenvalue weighted by Gasteiger charge is 2.57. The van der Waals surface area contributed by atoms with E-state index in [2.05, 4.69) is 0 Å². The second kappa shape index (κ2) is 3.05. The fraction of sp³-hybridized carbons (Fsp3) is 0.889. The van der Waals surface area contributed by atoms with E-state index in [0.29, 0.717) is 12.5 Å². The Labute approximate surface area is 72.0 Å². The molecule has 0 aromatic carbocycles. The van der Waals surface area contributed by atoms with Crippen LogP contribution in [0.25, 0.3) is 0 Å². The topological polar surface area (TPSA) is 35.5 Å². The molecule has 3 nitrogen and oxygen atoms in total. The summed E-state index contributed by atoms with van der Waals surface area (Å²) in [5.41, 5.74) is 0. The Bertz CT molecular complexity index is 178. The van der Waals surface area contributed by atoms with E-state index in [4.69, 9.17) is 9.47 Å². The molecule has 0 aromatic rings. The molecule has 1 aliphatic carbocycles. The number of hydrogen-bond acceptors (Lipinski definition) is 3. The standard InChI is InChI=1S/C9H14O3/c1-2-11-9(10)7-6-4-3-5-12-8(6)7/h6-8H,2-5H2,1H3/t6-,7+,8-/m0/s1. The molecule has 12 heavy (non-hydrogen) atoms. The molecular weight excluding hydrogens is 156 g/mol. The van der Waals surface area contributed by atoms with Gasteiger partial charge in [0, 0.05) is 12.5 Å². The van der Waals surface area contributed by atoms with Crippen molar-refractivity contribution in [1.82, 2.24) is 0 Å². The van der Waals surface area contributed by atoms with Gasteiger partial charge in [0.2, 0.25) is 0 Å². The SMILES string of the molecule is CCOC(=O)[C@@H]1[C@@H]2CCCO[C@@H]21. The van der Waals surface area contributed by atoms with E-state index in [1.54, 1.807) is 0 Å². The van der Waals surface area contributed by atoms with Gasteiger partial charge in [-0.2, -0.15) is 0 Å². The summed E-state index contributed by atoms with van der Waals surface area (Å²) in [6.07, 6.45) is 2.42. The van der Waals surface area contributed by atoms with E-state index in [-0.39, 0.29) is 18.0 Å². The maximum absolute atomic E-state index is 11.3. The summed E-state index contributed by atoms with van der Waals surface area (Å²) in [7, 11) is 0. The molecule has 0 radical (unpaired) electrons. The summed E-state index contributed by atoms with van der Waals surface area (Å²) < 4.78 is 10.4. The quantitative estimate of drug-likeness (QED) is 0.579. The highest BCUT2D eigenvalue weighted by molar-refractivity contribution is 5.77. The average molecular weight is 170 g/mol. The number of esters is 1. The lowest BCUT2D eigenvalue weighted by atomic mass is 10.2. The van der Waals surface area contributed by atoms with Gasteiger partial charge in [-0.3, -0.25) is 4.79 Å². The number of hydrogen-bond donors (Lipinski definition) is 0. The zero-order valence-corrected chi connectivity index (χ0v) is 7.29. The van der Waals surface area contributed by atoms with Gasteiger partial charge in [-0.1, -0.05) is 0 Å². The lowest BCUT2D eigenvalue weighted by Gasteiger charge is -2.07. The molecule has 1 saturated heterocycles. The van der Waals surface area contributed by atoms with Gasteiger partial charge < -0.3 is 9.47 Å². The lowest BCUT2D eigenvalue weighted by Crippen LogP contribution is -2.10. The molecule has 1 heterocycles. The van der Waals surface area contributed by atoms with Crippen molar-refractivity contribution in [2.24, 2.45) is 11.8 Å². The number of carbonyl (C=O) groups excluding carboxylic acids is 1. The summed E-state index contributed by atoms with van der Waals surface area (Å²) >= 11 is 0. The zero-order valence-electron chi connectivity index (χ0n) is 7.29. The van der Waals surface area contributed by atoms with E-state index < -0.39 is 0 Å². The first kappa shape index (κ1) is 8.05. The molecule has 2 rings (SSSR count). The van der Waals surface area contributed by atoms with Gasteiger partial charge in [-0.15, -0.1) is 0 Å². The van der Waals surface area contributed by atoms with E-state index >= 15 is 0 Å². The van der Waals surface area contributed by atoms with Gasteiger partial charge in [0.15, 0.2) is 0 Å². The maximum atomic E-state index is 11.3. The first-order valence-electron chi connectivity index (χ1n) is 4.63. The molecule has 0 aromatic heterocycles. The molecule has 3 atom stereocenters.